The maximum Gasteiger partial charge on any atom is 0.186 e. The summed E-state index contributed by atoms with van der Waals surface area (Å²) in [6.07, 6.45) is 5.74. The van der Waals surface area contributed by atoms with Crippen LogP contribution in [0.3, 0.4) is 0 Å². The van der Waals surface area contributed by atoms with Crippen molar-refractivity contribution >= 4 is 28.5 Å². The minimum atomic E-state index is -0.486. The summed E-state index contributed by atoms with van der Waals surface area (Å²) in [6, 6.07) is 24.8. The third-order valence-corrected chi connectivity index (χ3v) is 5.97. The molecule has 0 bridgehead atoms. The number of hydrogen-bond donors (Lipinski definition) is 3. The number of Topliss-reactive ketones (excluding diaryl/α,β-unsaturated/α-hetero) is 1. The number of fused-ring (bicyclic) bond motifs is 1. The van der Waals surface area contributed by atoms with E-state index in [0.717, 1.165) is 39.6 Å². The Bertz CT molecular complexity index is 1410. The van der Waals surface area contributed by atoms with Gasteiger partial charge >= 0.3 is 0 Å². The number of rotatable bonds is 9. The topological polar surface area (TPSA) is 107 Å². The summed E-state index contributed by atoms with van der Waals surface area (Å²) in [6.45, 7) is 0.616. The Kier molecular flexibility index (Phi) is 7.51. The SMILES string of the molecule is CN=CC(=CN)c1ccc2c(C(=O)C(NCCc3ccc(C#N)cc3)c3ccccc3)c[nH]c2c1. The molecule has 6 heteroatoms. The summed E-state index contributed by atoms with van der Waals surface area (Å²) < 4.78 is 0. The molecule has 1 aromatic heterocycles. The fourth-order valence-electron chi connectivity index (χ4n) is 4.13. The van der Waals surface area contributed by atoms with E-state index in [1.165, 1.54) is 6.20 Å². The van der Waals surface area contributed by atoms with Gasteiger partial charge in [0.05, 0.1) is 17.7 Å². The van der Waals surface area contributed by atoms with Crippen LogP contribution in [0.4, 0.5) is 0 Å². The third kappa shape index (κ3) is 5.37. The van der Waals surface area contributed by atoms with E-state index in [0.29, 0.717) is 17.7 Å². The molecule has 1 unspecified atom stereocenters. The molecule has 174 valence electrons. The van der Waals surface area contributed by atoms with Crippen molar-refractivity contribution in [2.75, 3.05) is 13.6 Å². The lowest BCUT2D eigenvalue weighted by atomic mass is 9.96. The molecule has 0 saturated heterocycles. The fraction of sp³-hybridized carbons (Fsp3) is 0.138. The van der Waals surface area contributed by atoms with E-state index in [2.05, 4.69) is 21.4 Å². The largest absolute Gasteiger partial charge is 0.404 e. The van der Waals surface area contributed by atoms with Crippen LogP contribution in [-0.2, 0) is 6.42 Å². The highest BCUT2D eigenvalue weighted by Crippen LogP contribution is 2.27. The molecule has 35 heavy (non-hydrogen) atoms. The van der Waals surface area contributed by atoms with Gasteiger partial charge in [-0.1, -0.05) is 54.6 Å². The van der Waals surface area contributed by atoms with E-state index in [1.807, 2.05) is 72.8 Å². The molecule has 0 fully saturated rings. The van der Waals surface area contributed by atoms with Crippen molar-refractivity contribution < 1.29 is 4.79 Å². The lowest BCUT2D eigenvalue weighted by Crippen LogP contribution is -2.30. The van der Waals surface area contributed by atoms with Gasteiger partial charge < -0.3 is 16.0 Å². The molecule has 6 nitrogen and oxygen atoms in total. The third-order valence-electron chi connectivity index (χ3n) is 5.97. The molecular weight excluding hydrogens is 434 g/mol. The first-order valence-corrected chi connectivity index (χ1v) is 11.4. The van der Waals surface area contributed by atoms with Gasteiger partial charge in [-0.3, -0.25) is 9.79 Å². The summed E-state index contributed by atoms with van der Waals surface area (Å²) >= 11 is 0. The van der Waals surface area contributed by atoms with Crippen LogP contribution >= 0.6 is 0 Å². The van der Waals surface area contributed by atoms with E-state index in [-0.39, 0.29) is 5.78 Å². The molecule has 4 rings (SSSR count). The van der Waals surface area contributed by atoms with Gasteiger partial charge in [-0.25, -0.2) is 0 Å². The second-order valence-corrected chi connectivity index (χ2v) is 8.19. The number of nitrogens with two attached hydrogens (primary N) is 1. The van der Waals surface area contributed by atoms with Crippen LogP contribution in [-0.4, -0.2) is 30.6 Å². The van der Waals surface area contributed by atoms with Crippen LogP contribution in [0.1, 0.15) is 38.7 Å². The van der Waals surface area contributed by atoms with Gasteiger partial charge in [0.15, 0.2) is 5.78 Å². The van der Waals surface area contributed by atoms with Gasteiger partial charge in [0.2, 0.25) is 0 Å². The van der Waals surface area contributed by atoms with Crippen LogP contribution in [0.5, 0.6) is 0 Å². The minimum absolute atomic E-state index is 0.000241. The predicted molar refractivity (Wildman–Crippen MR) is 141 cm³/mol. The molecule has 0 aliphatic heterocycles. The van der Waals surface area contributed by atoms with Gasteiger partial charge in [-0.15, -0.1) is 0 Å². The van der Waals surface area contributed by atoms with Crippen molar-refractivity contribution in [2.24, 2.45) is 10.7 Å². The quantitative estimate of drug-likeness (QED) is 0.246. The van der Waals surface area contributed by atoms with Gasteiger partial charge in [-0.05, 0) is 41.3 Å². The number of aliphatic imine (C=N–C) groups is 1. The zero-order valence-electron chi connectivity index (χ0n) is 19.5. The molecule has 0 aliphatic rings. The Morgan fingerprint density at radius 3 is 2.60 bits per heavy atom. The predicted octanol–water partition coefficient (Wildman–Crippen LogP) is 4.80. The molecule has 0 radical (unpaired) electrons. The van der Waals surface area contributed by atoms with Crippen LogP contribution in [0.15, 0.2) is 90.2 Å². The molecule has 1 heterocycles. The number of aromatic amines is 1. The van der Waals surface area contributed by atoms with Crippen molar-refractivity contribution in [3.8, 4) is 6.07 Å². The summed E-state index contributed by atoms with van der Waals surface area (Å²) in [7, 11) is 1.70. The van der Waals surface area contributed by atoms with E-state index in [1.54, 1.807) is 19.5 Å². The lowest BCUT2D eigenvalue weighted by Gasteiger charge is -2.18. The first-order valence-electron chi connectivity index (χ1n) is 11.4. The number of nitrogens with one attached hydrogen (secondary N) is 2. The molecule has 0 spiro atoms. The summed E-state index contributed by atoms with van der Waals surface area (Å²) in [4.78, 5) is 21.0. The number of H-pyrrole nitrogens is 1. The molecule has 4 aromatic rings. The summed E-state index contributed by atoms with van der Waals surface area (Å²) in [5.41, 5.74) is 11.6. The summed E-state index contributed by atoms with van der Waals surface area (Å²) in [5.74, 6) is -0.000241. The number of nitrogens with zero attached hydrogens (tertiary/aromatic N) is 2. The van der Waals surface area contributed by atoms with Crippen LogP contribution < -0.4 is 11.1 Å². The number of nitriles is 1. The van der Waals surface area contributed by atoms with Crippen molar-refractivity contribution in [1.82, 2.24) is 10.3 Å². The number of benzene rings is 3. The maximum atomic E-state index is 13.8. The van der Waals surface area contributed by atoms with Crippen LogP contribution in [0.25, 0.3) is 16.5 Å². The first-order chi connectivity index (χ1) is 17.1. The van der Waals surface area contributed by atoms with Gasteiger partial charge in [0.25, 0.3) is 0 Å². The number of allylic oxidation sites excluding steroid dienone is 1. The number of hydrogen-bond acceptors (Lipinski definition) is 5. The highest BCUT2D eigenvalue weighted by atomic mass is 16.1. The molecule has 1 atom stereocenters. The standard InChI is InChI=1S/C29H27N5O/c1-32-18-24(17-31)23-11-12-25-26(19-34-27(25)15-23)29(35)28(22-5-3-2-4-6-22)33-14-13-20-7-9-21(16-30)10-8-20/h2-12,15,17-19,28,33-34H,13-14,31H2,1H3. The molecule has 3 aromatic carbocycles. The Morgan fingerprint density at radius 2 is 1.91 bits per heavy atom. The molecule has 0 aliphatic carbocycles. The van der Waals surface area contributed by atoms with E-state index >= 15 is 0 Å². The van der Waals surface area contributed by atoms with Crippen LogP contribution in [0.2, 0.25) is 0 Å². The van der Waals surface area contributed by atoms with Gasteiger partial charge in [0.1, 0.15) is 0 Å². The normalized spacial score (nSPS) is 12.6. The Balaban J connectivity index is 1.58. The minimum Gasteiger partial charge on any atom is -0.404 e. The fourth-order valence-corrected chi connectivity index (χ4v) is 4.13. The number of carbonyl (C=O) groups excluding carboxylic acids is 1. The smallest absolute Gasteiger partial charge is 0.186 e. The maximum absolute atomic E-state index is 13.8. The average molecular weight is 462 g/mol. The Labute approximate surface area is 204 Å². The highest BCUT2D eigenvalue weighted by molar-refractivity contribution is 6.13. The van der Waals surface area contributed by atoms with E-state index in [4.69, 9.17) is 11.0 Å². The Morgan fingerprint density at radius 1 is 1.14 bits per heavy atom. The van der Waals surface area contributed by atoms with Crippen molar-refractivity contribution in [1.29, 1.82) is 5.26 Å². The van der Waals surface area contributed by atoms with Gasteiger partial charge in [0, 0.05) is 54.2 Å². The molecule has 0 saturated carbocycles. The van der Waals surface area contributed by atoms with E-state index < -0.39 is 6.04 Å². The zero-order valence-corrected chi connectivity index (χ0v) is 19.5. The first kappa shape index (κ1) is 23.7. The second-order valence-electron chi connectivity index (χ2n) is 8.19. The van der Waals surface area contributed by atoms with Gasteiger partial charge in [-0.2, -0.15) is 5.26 Å². The molecular formula is C29H27N5O. The second kappa shape index (κ2) is 11.1. The number of aromatic nitrogens is 1. The molecule has 4 N–H and O–H groups in total. The number of carbonyl (C=O) groups is 1. The highest BCUT2D eigenvalue weighted by Gasteiger charge is 2.24. The van der Waals surface area contributed by atoms with Crippen molar-refractivity contribution in [3.05, 3.63) is 113 Å². The lowest BCUT2D eigenvalue weighted by molar-refractivity contribution is 0.0945. The van der Waals surface area contributed by atoms with E-state index in [9.17, 15) is 4.79 Å². The van der Waals surface area contributed by atoms with Crippen molar-refractivity contribution in [2.45, 2.75) is 12.5 Å². The Hall–Kier alpha value is -4.47. The monoisotopic (exact) mass is 461 g/mol. The molecule has 0 amide bonds. The zero-order chi connectivity index (χ0) is 24.6. The summed E-state index contributed by atoms with van der Waals surface area (Å²) in [5, 5.41) is 13.3. The van der Waals surface area contributed by atoms with Crippen molar-refractivity contribution in [3.63, 3.8) is 0 Å². The van der Waals surface area contributed by atoms with Crippen LogP contribution in [0, 0.1) is 11.3 Å². The number of ketones is 1. The average Bonchev–Trinajstić information content (AvgIpc) is 3.33.